The zero-order chi connectivity index (χ0) is 13.7. The number of hydrogen-bond acceptors (Lipinski definition) is 2. The Morgan fingerprint density at radius 2 is 2.00 bits per heavy atom. The number of aromatic amines is 1. The van der Waals surface area contributed by atoms with Gasteiger partial charge in [-0.1, -0.05) is 18.2 Å². The molecular formula is C15H20BrN3O. The van der Waals surface area contributed by atoms with Crippen molar-refractivity contribution < 1.29 is 4.79 Å². The summed E-state index contributed by atoms with van der Waals surface area (Å²) in [5.41, 5.74) is 3.13. The number of para-hydroxylation sites is 1. The first-order chi connectivity index (χ1) is 9.16. The fraction of sp³-hybridized carbons (Fsp3) is 0.333. The van der Waals surface area contributed by atoms with Crippen LogP contribution in [-0.4, -0.2) is 15.9 Å². The fourth-order valence-electron chi connectivity index (χ4n) is 2.06. The minimum absolute atomic E-state index is 0. The Morgan fingerprint density at radius 1 is 1.30 bits per heavy atom. The van der Waals surface area contributed by atoms with Crippen LogP contribution in [0.25, 0.3) is 0 Å². The van der Waals surface area contributed by atoms with Crippen LogP contribution in [0, 0.1) is 13.8 Å². The number of rotatable bonds is 5. The predicted octanol–water partition coefficient (Wildman–Crippen LogP) is 3.57. The van der Waals surface area contributed by atoms with Gasteiger partial charge in [-0.2, -0.15) is 0 Å². The van der Waals surface area contributed by atoms with Crippen molar-refractivity contribution in [2.75, 3.05) is 5.32 Å². The third-order valence-corrected chi connectivity index (χ3v) is 3.12. The SMILES string of the molecule is Br.Cc1cccc(C)c1NC(=O)CCCc1ncc[nH]1. The highest BCUT2D eigenvalue weighted by Crippen LogP contribution is 2.19. The summed E-state index contributed by atoms with van der Waals surface area (Å²) >= 11 is 0. The van der Waals surface area contributed by atoms with Crippen LogP contribution in [0.4, 0.5) is 5.69 Å². The van der Waals surface area contributed by atoms with Crippen LogP contribution in [0.2, 0.25) is 0 Å². The molecule has 1 heterocycles. The number of nitrogens with zero attached hydrogens (tertiary/aromatic N) is 1. The number of amides is 1. The molecule has 0 spiro atoms. The Bertz CT molecular complexity index is 532. The number of carbonyl (C=O) groups is 1. The molecule has 108 valence electrons. The van der Waals surface area contributed by atoms with E-state index in [9.17, 15) is 4.79 Å². The third-order valence-electron chi connectivity index (χ3n) is 3.12. The lowest BCUT2D eigenvalue weighted by Gasteiger charge is -2.11. The van der Waals surface area contributed by atoms with E-state index in [1.807, 2.05) is 32.0 Å². The van der Waals surface area contributed by atoms with Gasteiger partial charge < -0.3 is 10.3 Å². The first-order valence-corrected chi connectivity index (χ1v) is 6.51. The lowest BCUT2D eigenvalue weighted by atomic mass is 10.1. The number of halogens is 1. The van der Waals surface area contributed by atoms with Crippen LogP contribution >= 0.6 is 17.0 Å². The molecule has 0 unspecified atom stereocenters. The first-order valence-electron chi connectivity index (χ1n) is 6.51. The molecule has 5 heteroatoms. The Labute approximate surface area is 129 Å². The van der Waals surface area contributed by atoms with Gasteiger partial charge >= 0.3 is 0 Å². The number of anilines is 1. The topological polar surface area (TPSA) is 57.8 Å². The van der Waals surface area contributed by atoms with Crippen molar-refractivity contribution in [1.29, 1.82) is 0 Å². The Kier molecular flexibility index (Phi) is 6.45. The second-order valence-electron chi connectivity index (χ2n) is 4.70. The zero-order valence-electron chi connectivity index (χ0n) is 11.8. The molecule has 0 saturated carbocycles. The first kappa shape index (κ1) is 16.4. The molecule has 4 nitrogen and oxygen atoms in total. The molecule has 2 rings (SSSR count). The maximum atomic E-state index is 11.9. The van der Waals surface area contributed by atoms with E-state index in [-0.39, 0.29) is 22.9 Å². The van der Waals surface area contributed by atoms with Gasteiger partial charge in [0.05, 0.1) is 0 Å². The normalized spacial score (nSPS) is 9.90. The number of hydrogen-bond donors (Lipinski definition) is 2. The Hall–Kier alpha value is -1.62. The van der Waals surface area contributed by atoms with E-state index in [0.29, 0.717) is 6.42 Å². The summed E-state index contributed by atoms with van der Waals surface area (Å²) in [6.45, 7) is 4.01. The van der Waals surface area contributed by atoms with E-state index in [2.05, 4.69) is 15.3 Å². The van der Waals surface area contributed by atoms with Gasteiger partial charge in [0.1, 0.15) is 5.82 Å². The van der Waals surface area contributed by atoms with Gasteiger partial charge in [0.25, 0.3) is 0 Å². The van der Waals surface area contributed by atoms with Crippen molar-refractivity contribution in [3.63, 3.8) is 0 Å². The molecule has 0 aliphatic rings. The molecule has 20 heavy (non-hydrogen) atoms. The monoisotopic (exact) mass is 337 g/mol. The summed E-state index contributed by atoms with van der Waals surface area (Å²) in [7, 11) is 0. The summed E-state index contributed by atoms with van der Waals surface area (Å²) in [4.78, 5) is 19.1. The number of H-pyrrole nitrogens is 1. The van der Waals surface area contributed by atoms with Gasteiger partial charge in [-0.25, -0.2) is 4.98 Å². The average molecular weight is 338 g/mol. The van der Waals surface area contributed by atoms with Crippen molar-refractivity contribution in [3.8, 4) is 0 Å². The Morgan fingerprint density at radius 3 is 2.60 bits per heavy atom. The molecule has 1 aromatic carbocycles. The molecule has 0 aliphatic carbocycles. The van der Waals surface area contributed by atoms with Gasteiger partial charge in [-0.3, -0.25) is 4.79 Å². The second-order valence-corrected chi connectivity index (χ2v) is 4.70. The molecule has 0 bridgehead atoms. The van der Waals surface area contributed by atoms with Crippen LogP contribution in [0.15, 0.2) is 30.6 Å². The maximum absolute atomic E-state index is 11.9. The summed E-state index contributed by atoms with van der Waals surface area (Å²) in [6.07, 6.45) is 5.63. The quantitative estimate of drug-likeness (QED) is 0.876. The summed E-state index contributed by atoms with van der Waals surface area (Å²) in [5, 5.41) is 2.99. The molecule has 1 amide bonds. The van der Waals surface area contributed by atoms with E-state index in [4.69, 9.17) is 0 Å². The fourth-order valence-corrected chi connectivity index (χ4v) is 2.06. The Balaban J connectivity index is 0.00000200. The minimum atomic E-state index is 0. The smallest absolute Gasteiger partial charge is 0.224 e. The van der Waals surface area contributed by atoms with Crippen LogP contribution in [0.5, 0.6) is 0 Å². The molecule has 2 N–H and O–H groups in total. The van der Waals surface area contributed by atoms with Crippen molar-refractivity contribution >= 4 is 28.6 Å². The van der Waals surface area contributed by atoms with E-state index < -0.39 is 0 Å². The molecule has 0 atom stereocenters. The molecule has 0 radical (unpaired) electrons. The number of nitrogens with one attached hydrogen (secondary N) is 2. The van der Waals surface area contributed by atoms with Gasteiger partial charge in [0.15, 0.2) is 0 Å². The van der Waals surface area contributed by atoms with Gasteiger partial charge in [0.2, 0.25) is 5.91 Å². The second kappa shape index (κ2) is 7.85. The van der Waals surface area contributed by atoms with Crippen LogP contribution in [-0.2, 0) is 11.2 Å². The number of aromatic nitrogens is 2. The van der Waals surface area contributed by atoms with Crippen molar-refractivity contribution in [2.24, 2.45) is 0 Å². The van der Waals surface area contributed by atoms with E-state index >= 15 is 0 Å². The van der Waals surface area contributed by atoms with Crippen molar-refractivity contribution in [1.82, 2.24) is 9.97 Å². The molecule has 0 fully saturated rings. The molecule has 0 saturated heterocycles. The number of imidazole rings is 1. The minimum Gasteiger partial charge on any atom is -0.349 e. The molecule has 1 aromatic heterocycles. The lowest BCUT2D eigenvalue weighted by molar-refractivity contribution is -0.116. The van der Waals surface area contributed by atoms with Crippen LogP contribution in [0.3, 0.4) is 0 Å². The van der Waals surface area contributed by atoms with Gasteiger partial charge in [0, 0.05) is 30.9 Å². The highest BCUT2D eigenvalue weighted by molar-refractivity contribution is 8.93. The highest BCUT2D eigenvalue weighted by atomic mass is 79.9. The lowest BCUT2D eigenvalue weighted by Crippen LogP contribution is -2.13. The highest BCUT2D eigenvalue weighted by Gasteiger charge is 2.07. The maximum Gasteiger partial charge on any atom is 0.224 e. The standard InChI is InChI=1S/C15H19N3O.BrH/c1-11-5-3-6-12(2)15(11)18-14(19)8-4-7-13-16-9-10-17-13;/h3,5-6,9-10H,4,7-8H2,1-2H3,(H,16,17)(H,18,19);1H. The molecule has 2 aromatic rings. The largest absolute Gasteiger partial charge is 0.349 e. The summed E-state index contributed by atoms with van der Waals surface area (Å²) in [6, 6.07) is 6.01. The van der Waals surface area contributed by atoms with E-state index in [1.54, 1.807) is 12.4 Å². The number of carbonyl (C=O) groups excluding carboxylic acids is 1. The summed E-state index contributed by atoms with van der Waals surface area (Å²) in [5.74, 6) is 0.990. The molecule has 0 aliphatic heterocycles. The van der Waals surface area contributed by atoms with E-state index in [0.717, 1.165) is 35.5 Å². The van der Waals surface area contributed by atoms with Crippen molar-refractivity contribution in [3.05, 3.63) is 47.5 Å². The van der Waals surface area contributed by atoms with Crippen LogP contribution in [0.1, 0.15) is 29.8 Å². The average Bonchev–Trinajstić information content (AvgIpc) is 2.87. The van der Waals surface area contributed by atoms with Crippen LogP contribution < -0.4 is 5.32 Å². The molecular weight excluding hydrogens is 318 g/mol. The van der Waals surface area contributed by atoms with Crippen molar-refractivity contribution in [2.45, 2.75) is 33.1 Å². The van der Waals surface area contributed by atoms with E-state index in [1.165, 1.54) is 0 Å². The predicted molar refractivity (Wildman–Crippen MR) is 86.4 cm³/mol. The third kappa shape index (κ3) is 4.49. The number of aryl methyl sites for hydroxylation is 3. The zero-order valence-corrected chi connectivity index (χ0v) is 13.5. The van der Waals surface area contributed by atoms with Gasteiger partial charge in [-0.05, 0) is 31.4 Å². The van der Waals surface area contributed by atoms with Gasteiger partial charge in [-0.15, -0.1) is 17.0 Å². The summed E-state index contributed by atoms with van der Waals surface area (Å²) < 4.78 is 0. The number of benzene rings is 1.